The Hall–Kier alpha value is -1.43. The number of carbonyl (C=O) groups is 1. The molecule has 202 valence electrons. The zero-order chi connectivity index (χ0) is 26.3. The van der Waals surface area contributed by atoms with Crippen molar-refractivity contribution in [2.45, 2.75) is 112 Å². The SMILES string of the molecule is CC(=O)O[C@H]1CC[C@@]2(C)C(=C/C(=N\NC(N)=S)[C@H]3[C@@H]4CC[C@H]([C@H](C)CCCC(C)C)[C@@]4(C)CC[C@@H]32)C1. The highest BCUT2D eigenvalue weighted by atomic mass is 32.1. The summed E-state index contributed by atoms with van der Waals surface area (Å²) in [6.07, 6.45) is 14.3. The molecule has 0 amide bonds. The number of nitrogens with one attached hydrogen (secondary N) is 1. The summed E-state index contributed by atoms with van der Waals surface area (Å²) >= 11 is 5.12. The van der Waals surface area contributed by atoms with E-state index >= 15 is 0 Å². The predicted molar refractivity (Wildman–Crippen MR) is 151 cm³/mol. The van der Waals surface area contributed by atoms with E-state index in [0.29, 0.717) is 23.2 Å². The van der Waals surface area contributed by atoms with E-state index in [-0.39, 0.29) is 22.6 Å². The lowest BCUT2D eigenvalue weighted by Crippen LogP contribution is -2.54. The van der Waals surface area contributed by atoms with Gasteiger partial charge in [-0.3, -0.25) is 10.2 Å². The molecule has 0 aliphatic heterocycles. The Morgan fingerprint density at radius 3 is 2.58 bits per heavy atom. The average molecular weight is 516 g/mol. The van der Waals surface area contributed by atoms with Crippen molar-refractivity contribution in [2.24, 2.45) is 57.2 Å². The third kappa shape index (κ3) is 5.26. The maximum atomic E-state index is 11.7. The Balaban J connectivity index is 1.63. The van der Waals surface area contributed by atoms with Gasteiger partial charge in [-0.15, -0.1) is 0 Å². The Labute approximate surface area is 224 Å². The van der Waals surface area contributed by atoms with E-state index in [4.69, 9.17) is 27.8 Å². The smallest absolute Gasteiger partial charge is 0.302 e. The van der Waals surface area contributed by atoms with Crippen LogP contribution in [0.25, 0.3) is 0 Å². The fourth-order valence-electron chi connectivity index (χ4n) is 8.98. The summed E-state index contributed by atoms with van der Waals surface area (Å²) in [5, 5.41) is 5.04. The Morgan fingerprint density at radius 2 is 1.92 bits per heavy atom. The number of allylic oxidation sites excluding steroid dienone is 1. The quantitative estimate of drug-likeness (QED) is 0.223. The number of nitrogens with two attached hydrogens (primary N) is 1. The molecule has 0 saturated heterocycles. The number of carbonyl (C=O) groups excluding carboxylic acids is 1. The standard InChI is InChI=1S/C30H49N3O2S/c1-18(2)8-7-9-19(3)23-10-11-24-27-25(13-15-30(23,24)6)29(5)14-12-22(35-20(4)34)16-21(29)17-26(27)32-33-28(31)36/h17-19,22-25,27H,7-16H2,1-6H3,(H3,31,33,36)/b32-26+/t19-,22+,23-,24+,25+,27+,29+,30-/m1/s1. The summed E-state index contributed by atoms with van der Waals surface area (Å²) in [4.78, 5) is 11.7. The van der Waals surface area contributed by atoms with E-state index in [0.717, 1.165) is 42.7 Å². The van der Waals surface area contributed by atoms with Crippen molar-refractivity contribution in [1.82, 2.24) is 5.43 Å². The van der Waals surface area contributed by atoms with Gasteiger partial charge in [0.05, 0.1) is 5.71 Å². The average Bonchev–Trinajstić information content (AvgIpc) is 3.14. The number of fused-ring (bicyclic) bond motifs is 5. The van der Waals surface area contributed by atoms with Crippen LogP contribution in [0.3, 0.4) is 0 Å². The Bertz CT molecular complexity index is 914. The molecule has 0 aromatic carbocycles. The van der Waals surface area contributed by atoms with Gasteiger partial charge < -0.3 is 10.5 Å². The number of thiocarbonyl (C=S) groups is 1. The fraction of sp³-hybridized carbons (Fsp3) is 0.833. The number of hydrazone groups is 1. The number of nitrogens with zero attached hydrogens (tertiary/aromatic N) is 1. The highest BCUT2D eigenvalue weighted by Gasteiger charge is 2.60. The molecule has 0 spiro atoms. The van der Waals surface area contributed by atoms with E-state index in [1.54, 1.807) is 0 Å². The zero-order valence-electron chi connectivity index (χ0n) is 23.4. The molecule has 0 aromatic rings. The number of esters is 1. The summed E-state index contributed by atoms with van der Waals surface area (Å²) in [6, 6.07) is 0. The highest BCUT2D eigenvalue weighted by Crippen LogP contribution is 2.67. The van der Waals surface area contributed by atoms with Gasteiger partial charge in [0, 0.05) is 19.3 Å². The van der Waals surface area contributed by atoms with Crippen LogP contribution in [0.1, 0.15) is 106 Å². The van der Waals surface area contributed by atoms with E-state index < -0.39 is 0 Å². The number of hydrogen-bond donors (Lipinski definition) is 2. The lowest BCUT2D eigenvalue weighted by molar-refractivity contribution is -0.148. The summed E-state index contributed by atoms with van der Waals surface area (Å²) in [7, 11) is 0. The van der Waals surface area contributed by atoms with Crippen molar-refractivity contribution >= 4 is 29.0 Å². The largest absolute Gasteiger partial charge is 0.462 e. The van der Waals surface area contributed by atoms with Crippen LogP contribution in [0, 0.1) is 46.3 Å². The molecule has 0 aromatic heterocycles. The molecule has 4 aliphatic rings. The molecule has 0 radical (unpaired) electrons. The minimum Gasteiger partial charge on any atom is -0.462 e. The topological polar surface area (TPSA) is 76.7 Å². The van der Waals surface area contributed by atoms with Gasteiger partial charge in [0.1, 0.15) is 6.10 Å². The summed E-state index contributed by atoms with van der Waals surface area (Å²) < 4.78 is 5.65. The van der Waals surface area contributed by atoms with Crippen LogP contribution in [-0.4, -0.2) is 22.9 Å². The fourth-order valence-corrected chi connectivity index (χ4v) is 9.02. The van der Waals surface area contributed by atoms with E-state index in [1.165, 1.54) is 57.4 Å². The zero-order valence-corrected chi connectivity index (χ0v) is 24.3. The van der Waals surface area contributed by atoms with Crippen LogP contribution in [0.2, 0.25) is 0 Å². The third-order valence-electron chi connectivity index (χ3n) is 10.7. The summed E-state index contributed by atoms with van der Waals surface area (Å²) in [6.45, 7) is 13.8. The third-order valence-corrected chi connectivity index (χ3v) is 10.8. The first kappa shape index (κ1) is 27.6. The van der Waals surface area contributed by atoms with Gasteiger partial charge in [0.15, 0.2) is 5.11 Å². The van der Waals surface area contributed by atoms with Gasteiger partial charge in [0.2, 0.25) is 0 Å². The normalized spacial score (nSPS) is 39.6. The lowest BCUT2D eigenvalue weighted by atomic mass is 9.46. The molecular weight excluding hydrogens is 466 g/mol. The maximum absolute atomic E-state index is 11.7. The summed E-state index contributed by atoms with van der Waals surface area (Å²) in [5.41, 5.74) is 11.8. The Kier molecular flexibility index (Phi) is 8.24. The van der Waals surface area contributed by atoms with Crippen LogP contribution in [0.4, 0.5) is 0 Å². The van der Waals surface area contributed by atoms with Gasteiger partial charge >= 0.3 is 5.97 Å². The van der Waals surface area contributed by atoms with E-state index in [9.17, 15) is 4.79 Å². The molecule has 0 bridgehead atoms. The van der Waals surface area contributed by atoms with Crippen molar-refractivity contribution < 1.29 is 9.53 Å². The molecule has 4 rings (SSSR count). The van der Waals surface area contributed by atoms with Gasteiger partial charge in [-0.2, -0.15) is 5.10 Å². The molecular formula is C30H49N3O2S. The molecule has 36 heavy (non-hydrogen) atoms. The van der Waals surface area contributed by atoms with Crippen LogP contribution < -0.4 is 11.2 Å². The van der Waals surface area contributed by atoms with Gasteiger partial charge in [-0.1, -0.05) is 59.5 Å². The van der Waals surface area contributed by atoms with Gasteiger partial charge in [-0.25, -0.2) is 0 Å². The molecule has 3 fully saturated rings. The van der Waals surface area contributed by atoms with Crippen molar-refractivity contribution in [3.63, 3.8) is 0 Å². The molecule has 0 heterocycles. The first-order chi connectivity index (χ1) is 17.0. The summed E-state index contributed by atoms with van der Waals surface area (Å²) in [5.74, 6) is 3.80. The minimum atomic E-state index is -0.185. The van der Waals surface area contributed by atoms with Crippen molar-refractivity contribution in [2.75, 3.05) is 0 Å². The molecule has 3 N–H and O–H groups in total. The number of rotatable bonds is 7. The molecule has 6 heteroatoms. The highest BCUT2D eigenvalue weighted by molar-refractivity contribution is 7.80. The van der Waals surface area contributed by atoms with Crippen LogP contribution in [0.15, 0.2) is 16.8 Å². The van der Waals surface area contributed by atoms with Crippen molar-refractivity contribution in [3.05, 3.63) is 11.6 Å². The second-order valence-corrected chi connectivity index (χ2v) is 13.8. The lowest BCUT2D eigenvalue weighted by Gasteiger charge is -2.58. The number of hydrogen-bond acceptors (Lipinski definition) is 4. The van der Waals surface area contributed by atoms with Crippen molar-refractivity contribution in [3.8, 4) is 0 Å². The second-order valence-electron chi connectivity index (χ2n) is 13.3. The van der Waals surface area contributed by atoms with Crippen LogP contribution in [-0.2, 0) is 9.53 Å². The van der Waals surface area contributed by atoms with Gasteiger partial charge in [-0.05, 0) is 97.2 Å². The van der Waals surface area contributed by atoms with Gasteiger partial charge in [0.25, 0.3) is 0 Å². The first-order valence-corrected chi connectivity index (χ1v) is 14.9. The molecule has 8 atom stereocenters. The molecule has 0 unspecified atom stereocenters. The first-order valence-electron chi connectivity index (χ1n) is 14.5. The van der Waals surface area contributed by atoms with Crippen LogP contribution in [0.5, 0.6) is 0 Å². The molecule has 5 nitrogen and oxygen atoms in total. The van der Waals surface area contributed by atoms with E-state index in [2.05, 4.69) is 46.1 Å². The molecule has 4 aliphatic carbocycles. The Morgan fingerprint density at radius 1 is 1.17 bits per heavy atom. The second kappa shape index (κ2) is 10.7. The van der Waals surface area contributed by atoms with Crippen LogP contribution >= 0.6 is 12.2 Å². The number of ether oxygens (including phenoxy) is 1. The van der Waals surface area contributed by atoms with Crippen molar-refractivity contribution in [1.29, 1.82) is 0 Å². The molecule has 3 saturated carbocycles. The van der Waals surface area contributed by atoms with E-state index in [1.807, 2.05) is 0 Å². The minimum absolute atomic E-state index is 0.0282. The monoisotopic (exact) mass is 515 g/mol. The maximum Gasteiger partial charge on any atom is 0.302 e. The predicted octanol–water partition coefficient (Wildman–Crippen LogP) is 6.76.